The first kappa shape index (κ1) is 12.6. The molecule has 2 N–H and O–H groups in total. The third-order valence-corrected chi connectivity index (χ3v) is 0.892. The number of hydrogen-bond acceptors (Lipinski definition) is 1. The van der Waals surface area contributed by atoms with Crippen LogP contribution in [0.25, 0.3) is 6.15 Å². The van der Waals surface area contributed by atoms with E-state index < -0.39 is 0 Å². The molecule has 0 aliphatic heterocycles. The van der Waals surface area contributed by atoms with Crippen LogP contribution < -0.4 is 0 Å². The molecule has 0 amide bonds. The predicted molar refractivity (Wildman–Crippen MR) is 36.5 cm³/mol. The largest absolute Gasteiger partial charge is 0.693 e. The van der Waals surface area contributed by atoms with E-state index in [2.05, 4.69) is 0 Å². The molecule has 51 valence electrons. The molecule has 1 aromatic carbocycles. The van der Waals surface area contributed by atoms with Gasteiger partial charge >= 0.3 is 0 Å². The molecule has 0 saturated carbocycles. The molecule has 1 radical (unpaired) electrons. The summed E-state index contributed by atoms with van der Waals surface area (Å²) >= 11 is 0. The average Bonchev–Trinajstić information content (AvgIpc) is 1.90. The Morgan fingerprint density at radius 1 is 1.10 bits per heavy atom. The maximum Gasteiger partial charge on any atom is 0.0627 e. The van der Waals surface area contributed by atoms with Gasteiger partial charge in [0, 0.05) is 32.7 Å². The Hall–Kier alpha value is -0.0461. The first-order valence-corrected chi connectivity index (χ1v) is 2.36. The van der Waals surface area contributed by atoms with Gasteiger partial charge in [-0.3, -0.25) is 0 Å². The summed E-state index contributed by atoms with van der Waals surface area (Å²) in [4.78, 5) is 9.88. The van der Waals surface area contributed by atoms with Crippen molar-refractivity contribution in [2.24, 2.45) is 0 Å². The average molecular weight is 210 g/mol. The van der Waals surface area contributed by atoms with Crippen LogP contribution in [0.1, 0.15) is 5.56 Å². The first-order valence-electron chi connectivity index (χ1n) is 2.36. The zero-order chi connectivity index (χ0) is 5.82. The number of rotatable bonds is 1. The Balaban J connectivity index is 0. The molecule has 0 heterocycles. The van der Waals surface area contributed by atoms with Crippen molar-refractivity contribution in [2.45, 2.75) is 0 Å². The zero-order valence-electron chi connectivity index (χ0n) is 5.45. The SMILES string of the molecule is O=[C-]c1ccccc1.[NH2-].[Y]. The molecule has 0 aliphatic rings. The Morgan fingerprint density at radius 3 is 1.90 bits per heavy atom. The van der Waals surface area contributed by atoms with Gasteiger partial charge in [0.15, 0.2) is 0 Å². The van der Waals surface area contributed by atoms with Crippen molar-refractivity contribution in [1.82, 2.24) is 0 Å². The van der Waals surface area contributed by atoms with Gasteiger partial charge < -0.3 is 10.9 Å². The van der Waals surface area contributed by atoms with Crippen LogP contribution in [0.4, 0.5) is 0 Å². The molecule has 0 atom stereocenters. The van der Waals surface area contributed by atoms with Crippen LogP contribution in [0.15, 0.2) is 30.3 Å². The first-order chi connectivity index (χ1) is 3.93. The Labute approximate surface area is 85.5 Å². The number of nitrogens with two attached hydrogens (primary N) is 1. The second-order valence-electron chi connectivity index (χ2n) is 1.47. The molecular formula is C7H7NOY-2. The number of hydrogen-bond donors (Lipinski definition) is 0. The smallest absolute Gasteiger partial charge is 0.0627 e. The van der Waals surface area contributed by atoms with Crippen LogP contribution in [0.2, 0.25) is 0 Å². The van der Waals surface area contributed by atoms with Gasteiger partial charge in [0.25, 0.3) is 0 Å². The van der Waals surface area contributed by atoms with Crippen molar-refractivity contribution < 1.29 is 37.5 Å². The summed E-state index contributed by atoms with van der Waals surface area (Å²) in [5.41, 5.74) is 0.604. The van der Waals surface area contributed by atoms with Gasteiger partial charge in [-0.25, -0.2) is 0 Å². The van der Waals surface area contributed by atoms with E-state index in [1.807, 2.05) is 6.07 Å². The van der Waals surface area contributed by atoms with E-state index in [1.54, 1.807) is 30.6 Å². The summed E-state index contributed by atoms with van der Waals surface area (Å²) < 4.78 is 0. The van der Waals surface area contributed by atoms with Gasteiger partial charge in [-0.05, 0) is 0 Å². The fourth-order valence-corrected chi connectivity index (χ4v) is 0.506. The van der Waals surface area contributed by atoms with Crippen LogP contribution in [-0.4, -0.2) is 6.29 Å². The van der Waals surface area contributed by atoms with Crippen LogP contribution >= 0.6 is 0 Å². The fraction of sp³-hybridized carbons (Fsp3) is 0. The predicted octanol–water partition coefficient (Wildman–Crippen LogP) is 1.86. The zero-order valence-corrected chi connectivity index (χ0v) is 8.29. The quantitative estimate of drug-likeness (QED) is 0.652. The summed E-state index contributed by atoms with van der Waals surface area (Å²) in [6.45, 7) is 0. The second-order valence-corrected chi connectivity index (χ2v) is 1.47. The van der Waals surface area contributed by atoms with Gasteiger partial charge in [-0.1, -0.05) is 6.07 Å². The molecule has 0 aromatic heterocycles. The molecule has 0 unspecified atom stereocenters. The van der Waals surface area contributed by atoms with E-state index in [-0.39, 0.29) is 38.9 Å². The minimum atomic E-state index is 0. The minimum Gasteiger partial charge on any atom is -0.693 e. The van der Waals surface area contributed by atoms with Gasteiger partial charge in [0.05, 0.1) is 6.29 Å². The molecule has 0 fully saturated rings. The van der Waals surface area contributed by atoms with Crippen LogP contribution in [-0.2, 0) is 37.5 Å². The van der Waals surface area contributed by atoms with Gasteiger partial charge in [0.2, 0.25) is 0 Å². The summed E-state index contributed by atoms with van der Waals surface area (Å²) in [5.74, 6) is 0. The van der Waals surface area contributed by atoms with E-state index in [1.165, 1.54) is 0 Å². The van der Waals surface area contributed by atoms with Crippen LogP contribution in [0.3, 0.4) is 0 Å². The van der Waals surface area contributed by atoms with Gasteiger partial charge in [-0.15, -0.1) is 12.1 Å². The van der Waals surface area contributed by atoms with Crippen molar-refractivity contribution in [2.75, 3.05) is 0 Å². The summed E-state index contributed by atoms with van der Waals surface area (Å²) in [5, 5.41) is 0. The summed E-state index contributed by atoms with van der Waals surface area (Å²) in [6.07, 6.45) is 1.78. The van der Waals surface area contributed by atoms with Crippen molar-refractivity contribution in [3.8, 4) is 0 Å². The minimum absolute atomic E-state index is 0. The molecule has 3 heteroatoms. The molecule has 0 spiro atoms. The van der Waals surface area contributed by atoms with Crippen molar-refractivity contribution in [1.29, 1.82) is 0 Å². The van der Waals surface area contributed by atoms with Gasteiger partial charge in [0.1, 0.15) is 0 Å². The fourth-order valence-electron chi connectivity index (χ4n) is 0.506. The van der Waals surface area contributed by atoms with Gasteiger partial charge in [-0.2, -0.15) is 17.7 Å². The Bertz CT molecular complexity index is 176. The third-order valence-electron chi connectivity index (χ3n) is 0.892. The topological polar surface area (TPSA) is 50.6 Å². The molecule has 1 rings (SSSR count). The van der Waals surface area contributed by atoms with E-state index in [0.717, 1.165) is 0 Å². The van der Waals surface area contributed by atoms with Crippen LogP contribution in [0, 0.1) is 0 Å². The third kappa shape index (κ3) is 3.88. The maximum atomic E-state index is 9.88. The Kier molecular flexibility index (Phi) is 8.91. The van der Waals surface area contributed by atoms with E-state index in [9.17, 15) is 4.79 Å². The van der Waals surface area contributed by atoms with Crippen molar-refractivity contribution >= 4 is 6.29 Å². The Morgan fingerprint density at radius 2 is 1.60 bits per heavy atom. The van der Waals surface area contributed by atoms with E-state index in [4.69, 9.17) is 0 Å². The molecular weight excluding hydrogens is 203 g/mol. The molecule has 10 heavy (non-hydrogen) atoms. The molecule has 2 nitrogen and oxygen atoms in total. The van der Waals surface area contributed by atoms with Crippen LogP contribution in [0.5, 0.6) is 0 Å². The van der Waals surface area contributed by atoms with E-state index >= 15 is 0 Å². The molecule has 0 aliphatic carbocycles. The van der Waals surface area contributed by atoms with Crippen molar-refractivity contribution in [3.63, 3.8) is 0 Å². The maximum absolute atomic E-state index is 9.88. The van der Waals surface area contributed by atoms with Crippen molar-refractivity contribution in [3.05, 3.63) is 42.0 Å². The molecule has 0 saturated heterocycles. The summed E-state index contributed by atoms with van der Waals surface area (Å²) in [6, 6.07) is 8.90. The summed E-state index contributed by atoms with van der Waals surface area (Å²) in [7, 11) is 0. The van der Waals surface area contributed by atoms with E-state index in [0.29, 0.717) is 5.56 Å². The molecule has 1 aromatic rings. The second kappa shape index (κ2) is 7.07. The normalized spacial score (nSPS) is 6.80. The number of carbonyl (C=O) groups excluding carboxylic acids is 1. The standard InChI is InChI=1S/C7H5O.H2N.Y/c8-6-7-4-2-1-3-5-7;;/h1-5H;1H2;/q2*-1;. The molecule has 0 bridgehead atoms. The monoisotopic (exact) mass is 210 g/mol. The number of benzene rings is 1.